The van der Waals surface area contributed by atoms with Gasteiger partial charge >= 0.3 is 11.9 Å². The third-order valence-electron chi connectivity index (χ3n) is 3.63. The SMILES string of the molecule is C/C(=C\C=C(/C)OC(=O)c1ccc(C)cc1)OC(=O)c1ccc(C)cc1. The molecule has 0 atom stereocenters. The number of esters is 2. The third-order valence-corrected chi connectivity index (χ3v) is 3.63. The van der Waals surface area contributed by atoms with Gasteiger partial charge < -0.3 is 9.47 Å². The van der Waals surface area contributed by atoms with E-state index < -0.39 is 11.9 Å². The van der Waals surface area contributed by atoms with Crippen LogP contribution in [-0.2, 0) is 9.47 Å². The second-order valence-corrected chi connectivity index (χ2v) is 6.07. The first-order valence-electron chi connectivity index (χ1n) is 8.28. The van der Waals surface area contributed by atoms with Gasteiger partial charge in [-0.3, -0.25) is 0 Å². The lowest BCUT2D eigenvalue weighted by molar-refractivity contribution is 0.0611. The summed E-state index contributed by atoms with van der Waals surface area (Å²) in [5, 5.41) is 0. The van der Waals surface area contributed by atoms with Crippen LogP contribution in [0.1, 0.15) is 45.7 Å². The van der Waals surface area contributed by atoms with Gasteiger partial charge in [0.15, 0.2) is 0 Å². The van der Waals surface area contributed by atoms with E-state index >= 15 is 0 Å². The van der Waals surface area contributed by atoms with Crippen LogP contribution in [0.25, 0.3) is 0 Å². The van der Waals surface area contributed by atoms with Crippen LogP contribution in [0.15, 0.2) is 72.2 Å². The van der Waals surface area contributed by atoms with Gasteiger partial charge in [0, 0.05) is 0 Å². The minimum atomic E-state index is -0.429. The van der Waals surface area contributed by atoms with Gasteiger partial charge in [0.1, 0.15) is 11.5 Å². The summed E-state index contributed by atoms with van der Waals surface area (Å²) in [6.07, 6.45) is 3.17. The summed E-state index contributed by atoms with van der Waals surface area (Å²) in [5.41, 5.74) is 3.11. The first-order valence-corrected chi connectivity index (χ1v) is 8.28. The molecule has 0 unspecified atom stereocenters. The lowest BCUT2D eigenvalue weighted by Gasteiger charge is -2.05. The van der Waals surface area contributed by atoms with E-state index in [1.54, 1.807) is 50.3 Å². The molecule has 0 spiro atoms. The van der Waals surface area contributed by atoms with Crippen LogP contribution in [0.2, 0.25) is 0 Å². The van der Waals surface area contributed by atoms with Crippen molar-refractivity contribution >= 4 is 11.9 Å². The number of carbonyl (C=O) groups excluding carboxylic acids is 2. The summed E-state index contributed by atoms with van der Waals surface area (Å²) in [6, 6.07) is 14.3. The molecule has 0 amide bonds. The topological polar surface area (TPSA) is 52.6 Å². The molecule has 0 heterocycles. The van der Waals surface area contributed by atoms with E-state index in [0.29, 0.717) is 22.6 Å². The Morgan fingerprint density at radius 2 is 0.962 bits per heavy atom. The number of hydrogen-bond acceptors (Lipinski definition) is 4. The van der Waals surface area contributed by atoms with Crippen LogP contribution in [0, 0.1) is 13.8 Å². The maximum absolute atomic E-state index is 12.0. The van der Waals surface area contributed by atoms with Crippen molar-refractivity contribution in [2.24, 2.45) is 0 Å². The summed E-state index contributed by atoms with van der Waals surface area (Å²) in [5.74, 6) is -0.0504. The van der Waals surface area contributed by atoms with Gasteiger partial charge in [-0.15, -0.1) is 0 Å². The van der Waals surface area contributed by atoms with Crippen molar-refractivity contribution < 1.29 is 19.1 Å². The Bertz CT molecular complexity index is 767. The normalized spacial score (nSPS) is 11.8. The van der Waals surface area contributed by atoms with Gasteiger partial charge in [-0.25, -0.2) is 9.59 Å². The van der Waals surface area contributed by atoms with Crippen LogP contribution in [0.3, 0.4) is 0 Å². The molecular formula is C22H22O4. The lowest BCUT2D eigenvalue weighted by atomic mass is 10.1. The Morgan fingerprint density at radius 3 is 1.27 bits per heavy atom. The zero-order valence-electron chi connectivity index (χ0n) is 15.4. The van der Waals surface area contributed by atoms with E-state index in [1.165, 1.54) is 0 Å². The van der Waals surface area contributed by atoms with Crippen molar-refractivity contribution in [2.75, 3.05) is 0 Å². The average molecular weight is 350 g/mol. The summed E-state index contributed by atoms with van der Waals surface area (Å²) >= 11 is 0. The number of benzene rings is 2. The molecular weight excluding hydrogens is 328 g/mol. The maximum Gasteiger partial charge on any atom is 0.343 e. The number of rotatable bonds is 5. The maximum atomic E-state index is 12.0. The van der Waals surface area contributed by atoms with Crippen LogP contribution >= 0.6 is 0 Å². The lowest BCUT2D eigenvalue weighted by Crippen LogP contribution is -2.04. The van der Waals surface area contributed by atoms with E-state index in [4.69, 9.17) is 9.47 Å². The van der Waals surface area contributed by atoms with Crippen LogP contribution in [0.4, 0.5) is 0 Å². The molecule has 0 aliphatic heterocycles. The third kappa shape index (κ3) is 5.74. The molecule has 0 N–H and O–H groups in total. The fraction of sp³-hybridized carbons (Fsp3) is 0.182. The number of carbonyl (C=O) groups is 2. The van der Waals surface area contributed by atoms with E-state index in [0.717, 1.165) is 11.1 Å². The Balaban J connectivity index is 1.95. The van der Waals surface area contributed by atoms with Gasteiger partial charge in [-0.2, -0.15) is 0 Å². The Hall–Kier alpha value is -3.14. The molecule has 4 heteroatoms. The molecule has 2 aromatic carbocycles. The molecule has 0 bridgehead atoms. The summed E-state index contributed by atoms with van der Waals surface area (Å²) in [6.45, 7) is 7.23. The van der Waals surface area contributed by atoms with Crippen molar-refractivity contribution in [3.63, 3.8) is 0 Å². The highest BCUT2D eigenvalue weighted by molar-refractivity contribution is 5.90. The zero-order chi connectivity index (χ0) is 19.1. The quantitative estimate of drug-likeness (QED) is 0.426. The molecule has 4 nitrogen and oxygen atoms in total. The van der Waals surface area contributed by atoms with Gasteiger partial charge in [-0.1, -0.05) is 35.4 Å². The first kappa shape index (κ1) is 19.2. The van der Waals surface area contributed by atoms with E-state index in [-0.39, 0.29) is 0 Å². The minimum absolute atomic E-state index is 0.404. The van der Waals surface area contributed by atoms with Crippen LogP contribution < -0.4 is 0 Å². The highest BCUT2D eigenvalue weighted by Gasteiger charge is 2.08. The molecule has 2 aromatic rings. The first-order chi connectivity index (χ1) is 12.3. The molecule has 0 saturated carbocycles. The molecule has 0 fully saturated rings. The standard InChI is InChI=1S/C22H22O4/c1-15-5-11-19(12-6-15)21(23)25-17(3)9-10-18(4)26-22(24)20-13-7-16(2)8-14-20/h5-14H,1-4H3/b17-9+,18-10+. The van der Waals surface area contributed by atoms with Crippen molar-refractivity contribution in [3.8, 4) is 0 Å². The van der Waals surface area contributed by atoms with Crippen molar-refractivity contribution in [1.82, 2.24) is 0 Å². The Morgan fingerprint density at radius 1 is 0.654 bits per heavy atom. The van der Waals surface area contributed by atoms with E-state index in [1.807, 2.05) is 38.1 Å². The minimum Gasteiger partial charge on any atom is -0.428 e. The fourth-order valence-corrected chi connectivity index (χ4v) is 2.09. The van der Waals surface area contributed by atoms with Crippen molar-refractivity contribution in [1.29, 1.82) is 0 Å². The molecule has 0 aromatic heterocycles. The molecule has 0 saturated heterocycles. The van der Waals surface area contributed by atoms with Gasteiger partial charge in [-0.05, 0) is 64.1 Å². The Labute approximate surface area is 153 Å². The molecule has 2 rings (SSSR count). The molecule has 0 radical (unpaired) electrons. The zero-order valence-corrected chi connectivity index (χ0v) is 15.4. The van der Waals surface area contributed by atoms with Gasteiger partial charge in [0.2, 0.25) is 0 Å². The predicted octanol–water partition coefficient (Wildman–Crippen LogP) is 5.12. The van der Waals surface area contributed by atoms with Gasteiger partial charge in [0.05, 0.1) is 11.1 Å². The van der Waals surface area contributed by atoms with E-state index in [9.17, 15) is 9.59 Å². The molecule has 0 aliphatic rings. The monoisotopic (exact) mass is 350 g/mol. The highest BCUT2D eigenvalue weighted by atomic mass is 16.5. The summed E-state index contributed by atoms with van der Waals surface area (Å²) < 4.78 is 10.5. The highest BCUT2D eigenvalue weighted by Crippen LogP contribution is 2.10. The molecule has 0 aliphatic carbocycles. The predicted molar refractivity (Wildman–Crippen MR) is 101 cm³/mol. The molecule has 26 heavy (non-hydrogen) atoms. The molecule has 134 valence electrons. The van der Waals surface area contributed by atoms with Crippen LogP contribution in [-0.4, -0.2) is 11.9 Å². The second kappa shape index (κ2) is 8.81. The number of hydrogen-bond donors (Lipinski definition) is 0. The van der Waals surface area contributed by atoms with Crippen molar-refractivity contribution in [3.05, 3.63) is 94.5 Å². The van der Waals surface area contributed by atoms with Crippen LogP contribution in [0.5, 0.6) is 0 Å². The smallest absolute Gasteiger partial charge is 0.343 e. The largest absolute Gasteiger partial charge is 0.428 e. The number of aryl methyl sites for hydroxylation is 2. The van der Waals surface area contributed by atoms with E-state index in [2.05, 4.69) is 0 Å². The number of allylic oxidation sites excluding steroid dienone is 4. The summed E-state index contributed by atoms with van der Waals surface area (Å²) in [7, 11) is 0. The second-order valence-electron chi connectivity index (χ2n) is 6.07. The fourth-order valence-electron chi connectivity index (χ4n) is 2.09. The van der Waals surface area contributed by atoms with Crippen molar-refractivity contribution in [2.45, 2.75) is 27.7 Å². The van der Waals surface area contributed by atoms with Gasteiger partial charge in [0.25, 0.3) is 0 Å². The Kier molecular flexibility index (Phi) is 6.50. The summed E-state index contributed by atoms with van der Waals surface area (Å²) in [4.78, 5) is 24.1. The number of ether oxygens (including phenoxy) is 2. The average Bonchev–Trinajstić information content (AvgIpc) is 2.61.